The van der Waals surface area contributed by atoms with Crippen molar-refractivity contribution in [3.63, 3.8) is 0 Å². The third kappa shape index (κ3) is 5.83. The van der Waals surface area contributed by atoms with Gasteiger partial charge in [0.05, 0.1) is 30.3 Å². The predicted molar refractivity (Wildman–Crippen MR) is 139 cm³/mol. The van der Waals surface area contributed by atoms with E-state index in [0.717, 1.165) is 42.0 Å². The van der Waals surface area contributed by atoms with E-state index in [0.29, 0.717) is 30.9 Å². The molecule has 0 spiro atoms. The third-order valence-electron chi connectivity index (χ3n) is 6.31. The first-order valence-electron chi connectivity index (χ1n) is 12.1. The number of carbonyl (C=O) groups is 1. The summed E-state index contributed by atoms with van der Waals surface area (Å²) in [6.45, 7) is 6.23. The van der Waals surface area contributed by atoms with Gasteiger partial charge in [0.25, 0.3) is 5.91 Å². The maximum absolute atomic E-state index is 12.6. The highest BCUT2D eigenvalue weighted by Crippen LogP contribution is 2.22. The van der Waals surface area contributed by atoms with Crippen molar-refractivity contribution >= 4 is 16.9 Å². The number of rotatable bonds is 11. The largest absolute Gasteiger partial charge is 0.496 e. The van der Waals surface area contributed by atoms with Crippen LogP contribution in [-0.2, 0) is 13.0 Å². The molecule has 0 saturated carbocycles. The molecule has 0 aliphatic rings. The number of hydrogen-bond acceptors (Lipinski definition) is 4. The van der Waals surface area contributed by atoms with E-state index in [-0.39, 0.29) is 5.91 Å². The van der Waals surface area contributed by atoms with Gasteiger partial charge in [-0.1, -0.05) is 36.4 Å². The summed E-state index contributed by atoms with van der Waals surface area (Å²) in [5.74, 6) is 2.36. The second-order valence-corrected chi connectivity index (χ2v) is 8.63. The Hall–Kier alpha value is -3.80. The molecule has 0 aliphatic heterocycles. The minimum absolute atomic E-state index is 0.145. The Kier molecular flexibility index (Phi) is 8.03. The molecule has 0 saturated heterocycles. The Labute approximate surface area is 206 Å². The number of ether oxygens (including phenoxy) is 2. The molecule has 1 amide bonds. The lowest BCUT2D eigenvalue weighted by atomic mass is 10.1. The lowest BCUT2D eigenvalue weighted by Crippen LogP contribution is -2.27. The van der Waals surface area contributed by atoms with Crippen LogP contribution in [0.5, 0.6) is 11.5 Å². The maximum Gasteiger partial charge on any atom is 0.255 e. The molecule has 0 bridgehead atoms. The molecular formula is C29H33N3O3. The van der Waals surface area contributed by atoms with E-state index in [2.05, 4.69) is 35.9 Å². The molecule has 1 N–H and O–H groups in total. The standard InChI is InChI=1S/C29H33N3O3/c1-21-11-10-16-26(22(21)2)35-20-9-8-19-32-25-14-6-5-13-24(25)31-28(32)17-18-30-29(33)23-12-4-7-15-27(23)34-3/h4-7,10-16H,8-9,17-20H2,1-3H3,(H,30,33). The summed E-state index contributed by atoms with van der Waals surface area (Å²) in [5, 5.41) is 3.01. The van der Waals surface area contributed by atoms with Crippen LogP contribution in [0.25, 0.3) is 11.0 Å². The molecule has 0 aliphatic carbocycles. The molecule has 1 aromatic heterocycles. The summed E-state index contributed by atoms with van der Waals surface area (Å²) in [6.07, 6.45) is 2.57. The summed E-state index contributed by atoms with van der Waals surface area (Å²) in [7, 11) is 1.57. The van der Waals surface area contributed by atoms with E-state index >= 15 is 0 Å². The third-order valence-corrected chi connectivity index (χ3v) is 6.31. The van der Waals surface area contributed by atoms with E-state index in [4.69, 9.17) is 14.5 Å². The zero-order chi connectivity index (χ0) is 24.6. The van der Waals surface area contributed by atoms with E-state index in [1.807, 2.05) is 42.5 Å². The highest BCUT2D eigenvalue weighted by atomic mass is 16.5. The number of amides is 1. The van der Waals surface area contributed by atoms with Crippen molar-refractivity contribution in [2.75, 3.05) is 20.3 Å². The number of aryl methyl sites for hydroxylation is 2. The van der Waals surface area contributed by atoms with Crippen LogP contribution in [-0.4, -0.2) is 35.7 Å². The van der Waals surface area contributed by atoms with Crippen LogP contribution in [0, 0.1) is 13.8 Å². The van der Waals surface area contributed by atoms with Gasteiger partial charge in [-0.3, -0.25) is 4.79 Å². The number of hydrogen-bond donors (Lipinski definition) is 1. The lowest BCUT2D eigenvalue weighted by molar-refractivity contribution is 0.0951. The minimum atomic E-state index is -0.145. The Morgan fingerprint density at radius 2 is 1.71 bits per heavy atom. The topological polar surface area (TPSA) is 65.4 Å². The van der Waals surface area contributed by atoms with Crippen LogP contribution < -0.4 is 14.8 Å². The minimum Gasteiger partial charge on any atom is -0.496 e. The number of nitrogens with one attached hydrogen (secondary N) is 1. The summed E-state index contributed by atoms with van der Waals surface area (Å²) >= 11 is 0. The van der Waals surface area contributed by atoms with Crippen molar-refractivity contribution in [1.29, 1.82) is 0 Å². The van der Waals surface area contributed by atoms with Crippen molar-refractivity contribution in [3.05, 3.63) is 89.2 Å². The molecule has 0 radical (unpaired) electrons. The fourth-order valence-corrected chi connectivity index (χ4v) is 4.22. The normalized spacial score (nSPS) is 10.9. The zero-order valence-corrected chi connectivity index (χ0v) is 20.7. The van der Waals surface area contributed by atoms with Gasteiger partial charge in [-0.15, -0.1) is 0 Å². The van der Waals surface area contributed by atoms with Crippen LogP contribution in [0.1, 0.15) is 40.2 Å². The molecule has 35 heavy (non-hydrogen) atoms. The number of benzene rings is 3. The van der Waals surface area contributed by atoms with Crippen molar-refractivity contribution in [1.82, 2.24) is 14.9 Å². The molecule has 3 aromatic carbocycles. The molecule has 0 atom stereocenters. The number of unbranched alkanes of at least 4 members (excludes halogenated alkanes) is 1. The number of aromatic nitrogens is 2. The number of methoxy groups -OCH3 is 1. The van der Waals surface area contributed by atoms with Crippen molar-refractivity contribution < 1.29 is 14.3 Å². The van der Waals surface area contributed by atoms with Gasteiger partial charge in [-0.2, -0.15) is 0 Å². The molecule has 6 heteroatoms. The Bertz CT molecular complexity index is 1300. The summed E-state index contributed by atoms with van der Waals surface area (Å²) in [5.41, 5.74) is 5.08. The average Bonchev–Trinajstić information content (AvgIpc) is 3.23. The van der Waals surface area contributed by atoms with Crippen LogP contribution in [0.3, 0.4) is 0 Å². The van der Waals surface area contributed by atoms with Gasteiger partial charge in [0.2, 0.25) is 0 Å². The molecule has 4 aromatic rings. The van der Waals surface area contributed by atoms with Gasteiger partial charge in [-0.05, 0) is 68.1 Å². The molecular weight excluding hydrogens is 438 g/mol. The first-order chi connectivity index (χ1) is 17.1. The molecule has 0 fully saturated rings. The summed E-state index contributed by atoms with van der Waals surface area (Å²) in [6, 6.07) is 21.6. The lowest BCUT2D eigenvalue weighted by Gasteiger charge is -2.12. The fraction of sp³-hybridized carbons (Fsp3) is 0.310. The van der Waals surface area contributed by atoms with Gasteiger partial charge in [0.15, 0.2) is 0 Å². The molecule has 1 heterocycles. The van der Waals surface area contributed by atoms with Crippen molar-refractivity contribution in [2.45, 2.75) is 39.7 Å². The summed E-state index contributed by atoms with van der Waals surface area (Å²) in [4.78, 5) is 17.5. The van der Waals surface area contributed by atoms with E-state index < -0.39 is 0 Å². The van der Waals surface area contributed by atoms with Gasteiger partial charge >= 0.3 is 0 Å². The number of nitrogens with zero attached hydrogens (tertiary/aromatic N) is 2. The highest BCUT2D eigenvalue weighted by molar-refractivity contribution is 5.96. The van der Waals surface area contributed by atoms with Crippen molar-refractivity contribution in [2.24, 2.45) is 0 Å². The monoisotopic (exact) mass is 471 g/mol. The first kappa shape index (κ1) is 24.3. The SMILES string of the molecule is COc1ccccc1C(=O)NCCc1nc2ccccc2n1CCCCOc1cccc(C)c1C. The molecule has 0 unspecified atom stereocenters. The van der Waals surface area contributed by atoms with Gasteiger partial charge in [0.1, 0.15) is 17.3 Å². The second-order valence-electron chi connectivity index (χ2n) is 8.63. The van der Waals surface area contributed by atoms with E-state index in [9.17, 15) is 4.79 Å². The van der Waals surface area contributed by atoms with Crippen LogP contribution in [0.2, 0.25) is 0 Å². The van der Waals surface area contributed by atoms with E-state index in [1.165, 1.54) is 11.1 Å². The smallest absolute Gasteiger partial charge is 0.255 e. The van der Waals surface area contributed by atoms with Crippen LogP contribution >= 0.6 is 0 Å². The molecule has 4 rings (SSSR count). The summed E-state index contributed by atoms with van der Waals surface area (Å²) < 4.78 is 13.6. The Morgan fingerprint density at radius 1 is 0.943 bits per heavy atom. The number of carbonyl (C=O) groups excluding carboxylic acids is 1. The average molecular weight is 472 g/mol. The van der Waals surface area contributed by atoms with Crippen LogP contribution in [0.15, 0.2) is 66.7 Å². The zero-order valence-electron chi connectivity index (χ0n) is 20.7. The van der Waals surface area contributed by atoms with E-state index in [1.54, 1.807) is 19.2 Å². The number of fused-ring (bicyclic) bond motifs is 1. The second kappa shape index (κ2) is 11.6. The first-order valence-corrected chi connectivity index (χ1v) is 12.1. The van der Waals surface area contributed by atoms with Gasteiger partial charge in [0, 0.05) is 19.5 Å². The Morgan fingerprint density at radius 3 is 2.57 bits per heavy atom. The molecule has 6 nitrogen and oxygen atoms in total. The highest BCUT2D eigenvalue weighted by Gasteiger charge is 2.13. The Balaban J connectivity index is 1.35. The number of para-hydroxylation sites is 3. The molecule has 182 valence electrons. The maximum atomic E-state index is 12.6. The van der Waals surface area contributed by atoms with Crippen LogP contribution in [0.4, 0.5) is 0 Å². The quantitative estimate of drug-likeness (QED) is 0.294. The van der Waals surface area contributed by atoms with Gasteiger partial charge in [-0.25, -0.2) is 4.98 Å². The fourth-order valence-electron chi connectivity index (χ4n) is 4.22. The van der Waals surface area contributed by atoms with Crippen molar-refractivity contribution in [3.8, 4) is 11.5 Å². The van der Waals surface area contributed by atoms with Gasteiger partial charge < -0.3 is 19.4 Å². The predicted octanol–water partition coefficient (Wildman–Crippen LogP) is 5.49. The number of imidazole rings is 1.